The number of rotatable bonds is 3. The zero-order valence-corrected chi connectivity index (χ0v) is 12.5. The van der Waals surface area contributed by atoms with E-state index in [9.17, 15) is 4.79 Å². The quantitative estimate of drug-likeness (QED) is 0.874. The number of piperazine rings is 1. The average molecular weight is 296 g/mol. The van der Waals surface area contributed by atoms with Gasteiger partial charge in [0.2, 0.25) is 5.91 Å². The van der Waals surface area contributed by atoms with Gasteiger partial charge in [0.1, 0.15) is 5.76 Å². The summed E-state index contributed by atoms with van der Waals surface area (Å²) >= 11 is 0. The Morgan fingerprint density at radius 2 is 1.77 bits per heavy atom. The van der Waals surface area contributed by atoms with Crippen LogP contribution in [-0.4, -0.2) is 37.0 Å². The molecule has 22 heavy (non-hydrogen) atoms. The fraction of sp³-hybridized carbons (Fsp3) is 0.389. The van der Waals surface area contributed by atoms with Crippen molar-refractivity contribution < 1.29 is 9.21 Å². The molecule has 4 heteroatoms. The van der Waals surface area contributed by atoms with E-state index in [1.807, 2.05) is 23.1 Å². The van der Waals surface area contributed by atoms with Crippen LogP contribution in [0.25, 0.3) is 0 Å². The highest BCUT2D eigenvalue weighted by atomic mass is 16.3. The Hall–Kier alpha value is -2.23. The number of hydrogen-bond donors (Lipinski definition) is 0. The van der Waals surface area contributed by atoms with E-state index < -0.39 is 0 Å². The van der Waals surface area contributed by atoms with Gasteiger partial charge in [0.25, 0.3) is 0 Å². The lowest BCUT2D eigenvalue weighted by Gasteiger charge is -2.36. The number of hydrogen-bond acceptors (Lipinski definition) is 3. The lowest BCUT2D eigenvalue weighted by Crippen LogP contribution is -2.49. The number of anilines is 1. The van der Waals surface area contributed by atoms with Gasteiger partial charge in [-0.3, -0.25) is 4.79 Å². The van der Waals surface area contributed by atoms with E-state index in [-0.39, 0.29) is 5.92 Å². The normalized spacial score (nSPS) is 24.4. The zero-order chi connectivity index (χ0) is 14.9. The van der Waals surface area contributed by atoms with Gasteiger partial charge >= 0.3 is 0 Å². The molecule has 0 N–H and O–H groups in total. The second-order valence-corrected chi connectivity index (χ2v) is 6.11. The van der Waals surface area contributed by atoms with E-state index >= 15 is 0 Å². The predicted molar refractivity (Wildman–Crippen MR) is 84.8 cm³/mol. The third kappa shape index (κ3) is 2.49. The summed E-state index contributed by atoms with van der Waals surface area (Å²) in [7, 11) is 0. The molecular weight excluding hydrogens is 276 g/mol. The van der Waals surface area contributed by atoms with Crippen molar-refractivity contribution in [1.82, 2.24) is 4.90 Å². The Kier molecular flexibility index (Phi) is 3.37. The highest BCUT2D eigenvalue weighted by Gasteiger charge is 2.47. The van der Waals surface area contributed by atoms with Crippen molar-refractivity contribution in [2.75, 3.05) is 31.1 Å². The van der Waals surface area contributed by atoms with Gasteiger partial charge in [0, 0.05) is 43.7 Å². The summed E-state index contributed by atoms with van der Waals surface area (Å²) in [5.74, 6) is 1.69. The summed E-state index contributed by atoms with van der Waals surface area (Å²) in [6, 6.07) is 14.3. The van der Waals surface area contributed by atoms with Crippen LogP contribution in [0.4, 0.5) is 5.69 Å². The molecular formula is C18H20N2O2. The summed E-state index contributed by atoms with van der Waals surface area (Å²) in [5, 5.41) is 0. The standard InChI is InChI=1S/C18H20N2O2/c21-18(16-13-15(16)17-7-4-12-22-17)20-10-8-19(9-11-20)14-5-2-1-3-6-14/h1-7,12,15-16H,8-11,13H2/t15-,16-/m0/s1. The number of benzene rings is 1. The minimum Gasteiger partial charge on any atom is -0.469 e. The molecule has 1 saturated heterocycles. The topological polar surface area (TPSA) is 36.7 Å². The fourth-order valence-electron chi connectivity index (χ4n) is 3.34. The Bertz CT molecular complexity index is 630. The van der Waals surface area contributed by atoms with Crippen LogP contribution < -0.4 is 4.90 Å². The SMILES string of the molecule is O=C([C@H]1C[C@@H]1c1ccco1)N1CCN(c2ccccc2)CC1. The molecule has 2 atom stereocenters. The molecule has 1 aliphatic heterocycles. The van der Waals surface area contributed by atoms with Gasteiger partial charge in [-0.15, -0.1) is 0 Å². The molecule has 2 fully saturated rings. The number of furan rings is 1. The first-order valence-corrected chi connectivity index (χ1v) is 7.95. The maximum Gasteiger partial charge on any atom is 0.226 e. The lowest BCUT2D eigenvalue weighted by atomic mass is 10.2. The highest BCUT2D eigenvalue weighted by molar-refractivity contribution is 5.83. The molecule has 1 aromatic carbocycles. The molecule has 1 aliphatic carbocycles. The molecule has 4 rings (SSSR count). The minimum atomic E-state index is 0.134. The maximum atomic E-state index is 12.6. The van der Waals surface area contributed by atoms with Crippen molar-refractivity contribution in [3.05, 3.63) is 54.5 Å². The van der Waals surface area contributed by atoms with Crippen molar-refractivity contribution in [2.45, 2.75) is 12.3 Å². The van der Waals surface area contributed by atoms with Crippen LogP contribution in [0.5, 0.6) is 0 Å². The van der Waals surface area contributed by atoms with Crippen LogP contribution in [-0.2, 0) is 4.79 Å². The smallest absolute Gasteiger partial charge is 0.226 e. The number of para-hydroxylation sites is 1. The van der Waals surface area contributed by atoms with E-state index in [4.69, 9.17) is 4.42 Å². The number of amides is 1. The van der Waals surface area contributed by atoms with E-state index in [2.05, 4.69) is 29.2 Å². The van der Waals surface area contributed by atoms with Gasteiger partial charge in [-0.1, -0.05) is 18.2 Å². The molecule has 1 amide bonds. The Balaban J connectivity index is 1.33. The molecule has 2 aliphatic rings. The molecule has 2 heterocycles. The second-order valence-electron chi connectivity index (χ2n) is 6.11. The van der Waals surface area contributed by atoms with E-state index in [1.54, 1.807) is 6.26 Å². The van der Waals surface area contributed by atoms with E-state index in [0.29, 0.717) is 11.8 Å². The molecule has 0 bridgehead atoms. The molecule has 4 nitrogen and oxygen atoms in total. The first kappa shape index (κ1) is 13.4. The molecule has 0 spiro atoms. The van der Waals surface area contributed by atoms with Crippen LogP contribution in [0, 0.1) is 5.92 Å². The first-order valence-electron chi connectivity index (χ1n) is 7.95. The predicted octanol–water partition coefficient (Wildman–Crippen LogP) is 2.73. The number of nitrogens with zero attached hydrogens (tertiary/aromatic N) is 2. The third-order valence-electron chi connectivity index (χ3n) is 4.73. The maximum absolute atomic E-state index is 12.6. The van der Waals surface area contributed by atoms with Gasteiger partial charge < -0.3 is 14.2 Å². The van der Waals surface area contributed by atoms with Crippen LogP contribution in [0.2, 0.25) is 0 Å². The summed E-state index contributed by atoms with van der Waals surface area (Å²) in [4.78, 5) is 16.9. The zero-order valence-electron chi connectivity index (χ0n) is 12.5. The molecule has 1 aromatic heterocycles. The van der Waals surface area contributed by atoms with Crippen LogP contribution >= 0.6 is 0 Å². The second kappa shape index (κ2) is 5.52. The first-order chi connectivity index (χ1) is 10.8. The molecule has 0 radical (unpaired) electrons. The highest BCUT2D eigenvalue weighted by Crippen LogP contribution is 2.48. The Morgan fingerprint density at radius 1 is 1.00 bits per heavy atom. The minimum absolute atomic E-state index is 0.134. The monoisotopic (exact) mass is 296 g/mol. The lowest BCUT2D eigenvalue weighted by molar-refractivity contribution is -0.133. The molecule has 114 valence electrons. The summed E-state index contributed by atoms with van der Waals surface area (Å²) < 4.78 is 5.42. The van der Waals surface area contributed by atoms with Crippen molar-refractivity contribution in [2.24, 2.45) is 5.92 Å². The third-order valence-corrected chi connectivity index (χ3v) is 4.73. The van der Waals surface area contributed by atoms with Gasteiger partial charge in [0.05, 0.1) is 6.26 Å². The summed E-state index contributed by atoms with van der Waals surface area (Å²) in [6.45, 7) is 3.45. The molecule has 1 saturated carbocycles. The Morgan fingerprint density at radius 3 is 2.45 bits per heavy atom. The van der Waals surface area contributed by atoms with Crippen molar-refractivity contribution >= 4 is 11.6 Å². The largest absolute Gasteiger partial charge is 0.469 e. The van der Waals surface area contributed by atoms with Gasteiger partial charge in [-0.25, -0.2) is 0 Å². The number of carbonyl (C=O) groups excluding carboxylic acids is 1. The van der Waals surface area contributed by atoms with Crippen LogP contribution in [0.3, 0.4) is 0 Å². The van der Waals surface area contributed by atoms with Gasteiger partial charge in [-0.2, -0.15) is 0 Å². The van der Waals surface area contributed by atoms with E-state index in [0.717, 1.165) is 38.4 Å². The average Bonchev–Trinajstić information content (AvgIpc) is 3.20. The molecule has 2 aromatic rings. The van der Waals surface area contributed by atoms with Crippen LogP contribution in [0.1, 0.15) is 18.1 Å². The molecule has 0 unspecified atom stereocenters. The van der Waals surface area contributed by atoms with Crippen molar-refractivity contribution in [3.8, 4) is 0 Å². The van der Waals surface area contributed by atoms with Gasteiger partial charge in [-0.05, 0) is 30.7 Å². The summed E-state index contributed by atoms with van der Waals surface area (Å²) in [5.41, 5.74) is 1.24. The van der Waals surface area contributed by atoms with Gasteiger partial charge in [0.15, 0.2) is 0 Å². The van der Waals surface area contributed by atoms with Crippen molar-refractivity contribution in [3.63, 3.8) is 0 Å². The van der Waals surface area contributed by atoms with E-state index in [1.165, 1.54) is 5.69 Å². The number of carbonyl (C=O) groups is 1. The van der Waals surface area contributed by atoms with Crippen molar-refractivity contribution in [1.29, 1.82) is 0 Å². The van der Waals surface area contributed by atoms with Crippen LogP contribution in [0.15, 0.2) is 53.1 Å². The fourth-order valence-corrected chi connectivity index (χ4v) is 3.34. The summed E-state index contributed by atoms with van der Waals surface area (Å²) in [6.07, 6.45) is 2.62. The Labute approximate surface area is 130 Å².